The summed E-state index contributed by atoms with van der Waals surface area (Å²) in [7, 11) is 4.11. The van der Waals surface area contributed by atoms with Crippen LogP contribution >= 0.6 is 0 Å². The van der Waals surface area contributed by atoms with Gasteiger partial charge in [0.1, 0.15) is 12.4 Å². The number of hydrogen-bond donors (Lipinski definition) is 0. The lowest BCUT2D eigenvalue weighted by atomic mass is 9.89. The highest BCUT2D eigenvalue weighted by Crippen LogP contribution is 2.32. The molecule has 0 bridgehead atoms. The van der Waals surface area contributed by atoms with Gasteiger partial charge in [-0.25, -0.2) is 0 Å². The quantitative estimate of drug-likeness (QED) is 0.407. The second-order valence-electron chi connectivity index (χ2n) is 7.52. The van der Waals surface area contributed by atoms with E-state index < -0.39 is 0 Å². The molecule has 0 amide bonds. The number of benzene rings is 3. The van der Waals surface area contributed by atoms with Crippen LogP contribution in [0.25, 0.3) is 11.1 Å². The van der Waals surface area contributed by atoms with Gasteiger partial charge in [0.05, 0.1) is 0 Å². The van der Waals surface area contributed by atoms with Crippen molar-refractivity contribution in [3.63, 3.8) is 0 Å². The second kappa shape index (κ2) is 10.6. The first-order valence-corrected chi connectivity index (χ1v) is 10.4. The summed E-state index contributed by atoms with van der Waals surface area (Å²) in [6.07, 6.45) is 1.90. The highest BCUT2D eigenvalue weighted by Gasteiger charge is 2.11. The Bertz CT molecular complexity index is 896. The zero-order chi connectivity index (χ0) is 20.5. The van der Waals surface area contributed by atoms with E-state index >= 15 is 0 Å². The maximum atomic E-state index is 5.85. The molecule has 2 heteroatoms. The first-order chi connectivity index (χ1) is 14.2. The van der Waals surface area contributed by atoms with Crippen LogP contribution in [0.5, 0.6) is 5.75 Å². The van der Waals surface area contributed by atoms with Crippen molar-refractivity contribution in [2.45, 2.75) is 19.8 Å². The molecule has 0 aliphatic carbocycles. The van der Waals surface area contributed by atoms with Crippen molar-refractivity contribution < 1.29 is 4.74 Å². The molecule has 0 heterocycles. The van der Waals surface area contributed by atoms with Gasteiger partial charge < -0.3 is 9.64 Å². The molecule has 0 saturated heterocycles. The minimum absolute atomic E-state index is 0.704. The summed E-state index contributed by atoms with van der Waals surface area (Å²) in [5, 5.41) is 0. The lowest BCUT2D eigenvalue weighted by Gasteiger charge is -2.16. The van der Waals surface area contributed by atoms with Gasteiger partial charge in [0.25, 0.3) is 0 Å². The predicted molar refractivity (Wildman–Crippen MR) is 124 cm³/mol. The van der Waals surface area contributed by atoms with E-state index in [1.165, 1.54) is 27.8 Å². The van der Waals surface area contributed by atoms with Gasteiger partial charge in [0, 0.05) is 6.54 Å². The van der Waals surface area contributed by atoms with E-state index in [0.717, 1.165) is 25.1 Å². The molecule has 0 fully saturated rings. The molecule has 0 saturated carbocycles. The minimum Gasteiger partial charge on any atom is -0.492 e. The summed E-state index contributed by atoms with van der Waals surface area (Å²) < 4.78 is 5.85. The highest BCUT2D eigenvalue weighted by atomic mass is 16.5. The number of rotatable bonds is 9. The van der Waals surface area contributed by atoms with Crippen molar-refractivity contribution in [1.29, 1.82) is 0 Å². The Balaban J connectivity index is 1.87. The van der Waals surface area contributed by atoms with E-state index in [0.29, 0.717) is 6.61 Å². The van der Waals surface area contributed by atoms with Gasteiger partial charge in [-0.05, 0) is 66.9 Å². The average Bonchev–Trinajstić information content (AvgIpc) is 2.76. The summed E-state index contributed by atoms with van der Waals surface area (Å²) in [5.41, 5.74) is 6.69. The maximum absolute atomic E-state index is 5.85. The van der Waals surface area contributed by atoms with Crippen molar-refractivity contribution in [2.24, 2.45) is 0 Å². The second-order valence-corrected chi connectivity index (χ2v) is 7.52. The maximum Gasteiger partial charge on any atom is 0.119 e. The Morgan fingerprint density at radius 2 is 1.28 bits per heavy atom. The number of allylic oxidation sites excluding steroid dienone is 2. The van der Waals surface area contributed by atoms with Gasteiger partial charge in [0.15, 0.2) is 0 Å². The molecule has 0 atom stereocenters. The SMILES string of the molecule is CC/C(=C(/Cc1ccc(OCCN(C)C)cc1)c1ccccc1)c1ccccc1. The van der Waals surface area contributed by atoms with Gasteiger partial charge in [0.2, 0.25) is 0 Å². The predicted octanol–water partition coefficient (Wildman–Crippen LogP) is 6.19. The molecule has 0 aliphatic rings. The van der Waals surface area contributed by atoms with E-state index in [-0.39, 0.29) is 0 Å². The van der Waals surface area contributed by atoms with E-state index in [4.69, 9.17) is 4.74 Å². The smallest absolute Gasteiger partial charge is 0.119 e. The molecule has 0 spiro atoms. The highest BCUT2D eigenvalue weighted by molar-refractivity contribution is 5.91. The van der Waals surface area contributed by atoms with Crippen LogP contribution in [-0.4, -0.2) is 32.1 Å². The fourth-order valence-electron chi connectivity index (χ4n) is 3.51. The Kier molecular flexibility index (Phi) is 7.66. The standard InChI is InChI=1S/C27H31NO/c1-4-26(23-11-7-5-8-12-23)27(24-13-9-6-10-14-24)21-22-15-17-25(18-16-22)29-20-19-28(2)3/h5-18H,4,19-21H2,1-3H3/b27-26+. The Morgan fingerprint density at radius 1 is 0.724 bits per heavy atom. The molecule has 3 rings (SSSR count). The summed E-state index contributed by atoms with van der Waals surface area (Å²) in [5.74, 6) is 0.930. The largest absolute Gasteiger partial charge is 0.492 e. The average molecular weight is 386 g/mol. The van der Waals surface area contributed by atoms with Crippen molar-refractivity contribution in [2.75, 3.05) is 27.2 Å². The fourth-order valence-corrected chi connectivity index (χ4v) is 3.51. The Labute approximate surface area is 175 Å². The number of hydrogen-bond acceptors (Lipinski definition) is 2. The summed E-state index contributed by atoms with van der Waals surface area (Å²) in [6.45, 7) is 3.86. The van der Waals surface area contributed by atoms with Crippen molar-refractivity contribution in [3.8, 4) is 5.75 Å². The lowest BCUT2D eigenvalue weighted by Crippen LogP contribution is -2.19. The molecule has 29 heavy (non-hydrogen) atoms. The van der Waals surface area contributed by atoms with Crippen LogP contribution in [0.2, 0.25) is 0 Å². The molecule has 0 aliphatic heterocycles. The fraction of sp³-hybridized carbons (Fsp3) is 0.259. The van der Waals surface area contributed by atoms with Gasteiger partial charge in [-0.15, -0.1) is 0 Å². The van der Waals surface area contributed by atoms with Crippen LogP contribution in [0.3, 0.4) is 0 Å². The molecular formula is C27H31NO. The van der Waals surface area contributed by atoms with Crippen LogP contribution in [0.15, 0.2) is 84.9 Å². The van der Waals surface area contributed by atoms with Crippen LogP contribution in [-0.2, 0) is 6.42 Å². The third-order valence-electron chi connectivity index (χ3n) is 5.07. The van der Waals surface area contributed by atoms with E-state index in [1.54, 1.807) is 0 Å². The van der Waals surface area contributed by atoms with Crippen LogP contribution < -0.4 is 4.74 Å². The van der Waals surface area contributed by atoms with E-state index in [1.807, 2.05) is 0 Å². The summed E-state index contributed by atoms with van der Waals surface area (Å²) in [6, 6.07) is 30.0. The Morgan fingerprint density at radius 3 is 1.79 bits per heavy atom. The molecular weight excluding hydrogens is 354 g/mol. The first-order valence-electron chi connectivity index (χ1n) is 10.4. The molecule has 2 nitrogen and oxygen atoms in total. The lowest BCUT2D eigenvalue weighted by molar-refractivity contribution is 0.261. The van der Waals surface area contributed by atoms with Crippen LogP contribution in [0, 0.1) is 0 Å². The first kappa shape index (κ1) is 20.9. The van der Waals surface area contributed by atoms with Crippen molar-refractivity contribution in [1.82, 2.24) is 4.90 Å². The molecule has 3 aromatic carbocycles. The minimum atomic E-state index is 0.704. The summed E-state index contributed by atoms with van der Waals surface area (Å²) in [4.78, 5) is 2.13. The Hall–Kier alpha value is -2.84. The molecule has 0 radical (unpaired) electrons. The van der Waals surface area contributed by atoms with Crippen molar-refractivity contribution >= 4 is 11.1 Å². The van der Waals surface area contributed by atoms with Crippen LogP contribution in [0.4, 0.5) is 0 Å². The molecule has 0 N–H and O–H groups in total. The van der Waals surface area contributed by atoms with E-state index in [9.17, 15) is 0 Å². The zero-order valence-corrected chi connectivity index (χ0v) is 17.8. The van der Waals surface area contributed by atoms with Gasteiger partial charge >= 0.3 is 0 Å². The third-order valence-corrected chi connectivity index (χ3v) is 5.07. The van der Waals surface area contributed by atoms with E-state index in [2.05, 4.69) is 111 Å². The molecule has 0 aromatic heterocycles. The van der Waals surface area contributed by atoms with Gasteiger partial charge in [-0.2, -0.15) is 0 Å². The third kappa shape index (κ3) is 6.07. The molecule has 150 valence electrons. The van der Waals surface area contributed by atoms with Crippen molar-refractivity contribution in [3.05, 3.63) is 102 Å². The number of ether oxygens (including phenoxy) is 1. The normalized spacial score (nSPS) is 12.0. The summed E-state index contributed by atoms with van der Waals surface area (Å²) >= 11 is 0. The topological polar surface area (TPSA) is 12.5 Å². The molecule has 3 aromatic rings. The number of nitrogens with zero attached hydrogens (tertiary/aromatic N) is 1. The molecule has 0 unspecified atom stereocenters. The zero-order valence-electron chi connectivity index (χ0n) is 17.8. The number of likely N-dealkylation sites (N-methyl/N-ethyl adjacent to an activating group) is 1. The monoisotopic (exact) mass is 385 g/mol. The van der Waals surface area contributed by atoms with Gasteiger partial charge in [-0.1, -0.05) is 79.7 Å². The van der Waals surface area contributed by atoms with Crippen LogP contribution in [0.1, 0.15) is 30.0 Å². The van der Waals surface area contributed by atoms with Gasteiger partial charge in [-0.3, -0.25) is 0 Å².